The largest absolute Gasteiger partial charge is 0.508 e. The smallest absolute Gasteiger partial charge is 0.255 e. The van der Waals surface area contributed by atoms with Crippen LogP contribution in [0.25, 0.3) is 0 Å². The molecule has 0 heterocycles. The molecule has 1 aromatic rings. The van der Waals surface area contributed by atoms with E-state index in [9.17, 15) is 15.0 Å². The van der Waals surface area contributed by atoms with Gasteiger partial charge < -0.3 is 15.5 Å². The maximum absolute atomic E-state index is 11.9. The molecule has 1 aliphatic carbocycles. The van der Waals surface area contributed by atoms with E-state index in [4.69, 9.17) is 11.6 Å². The Labute approximate surface area is 117 Å². The third-order valence-corrected chi connectivity index (χ3v) is 3.99. The van der Waals surface area contributed by atoms with Gasteiger partial charge in [0.25, 0.3) is 5.91 Å². The number of aromatic hydroxyl groups is 2. The number of hydrogen-bond acceptors (Lipinski definition) is 3. The first kappa shape index (κ1) is 14.0. The van der Waals surface area contributed by atoms with Crippen LogP contribution in [-0.2, 0) is 0 Å². The van der Waals surface area contributed by atoms with Gasteiger partial charge in [-0.25, -0.2) is 0 Å². The molecule has 0 radical (unpaired) electrons. The van der Waals surface area contributed by atoms with Crippen molar-refractivity contribution in [2.24, 2.45) is 5.92 Å². The van der Waals surface area contributed by atoms with Gasteiger partial charge in [0.1, 0.15) is 11.5 Å². The van der Waals surface area contributed by atoms with Crippen molar-refractivity contribution in [1.29, 1.82) is 0 Å². The van der Waals surface area contributed by atoms with Crippen LogP contribution < -0.4 is 5.32 Å². The summed E-state index contributed by atoms with van der Waals surface area (Å²) >= 11 is 6.03. The van der Waals surface area contributed by atoms with Gasteiger partial charge in [-0.3, -0.25) is 4.79 Å². The molecule has 1 aliphatic rings. The van der Waals surface area contributed by atoms with Crippen molar-refractivity contribution in [3.05, 3.63) is 23.8 Å². The van der Waals surface area contributed by atoms with E-state index in [1.807, 2.05) is 0 Å². The number of halogens is 1. The highest BCUT2D eigenvalue weighted by molar-refractivity contribution is 6.20. The molecule has 0 unspecified atom stereocenters. The Bertz CT molecular complexity index is 456. The van der Waals surface area contributed by atoms with Gasteiger partial charge in [-0.2, -0.15) is 0 Å². The van der Waals surface area contributed by atoms with Crippen molar-refractivity contribution in [3.8, 4) is 11.5 Å². The normalized spacial score (nSPS) is 23.0. The second-order valence-corrected chi connectivity index (χ2v) is 5.65. The van der Waals surface area contributed by atoms with Crippen molar-refractivity contribution in [1.82, 2.24) is 5.32 Å². The number of benzene rings is 1. The Morgan fingerprint density at radius 2 is 1.95 bits per heavy atom. The lowest BCUT2D eigenvalue weighted by atomic mass is 9.89. The number of alkyl halides is 1. The van der Waals surface area contributed by atoms with E-state index < -0.39 is 0 Å². The summed E-state index contributed by atoms with van der Waals surface area (Å²) in [5, 5.41) is 21.9. The topological polar surface area (TPSA) is 69.6 Å². The first-order valence-electron chi connectivity index (χ1n) is 6.50. The van der Waals surface area contributed by atoms with E-state index in [2.05, 4.69) is 5.32 Å². The molecule has 1 saturated carbocycles. The highest BCUT2D eigenvalue weighted by Gasteiger charge is 2.20. The predicted molar refractivity (Wildman–Crippen MR) is 73.7 cm³/mol. The zero-order chi connectivity index (χ0) is 13.8. The molecule has 0 aromatic heterocycles. The molecular formula is C14H18ClNO3. The molecule has 4 nitrogen and oxygen atoms in total. The molecule has 0 spiro atoms. The van der Waals surface area contributed by atoms with Crippen molar-refractivity contribution in [2.75, 3.05) is 6.54 Å². The van der Waals surface area contributed by atoms with Crippen LogP contribution in [0.4, 0.5) is 0 Å². The quantitative estimate of drug-likeness (QED) is 0.747. The lowest BCUT2D eigenvalue weighted by Gasteiger charge is -2.25. The van der Waals surface area contributed by atoms with E-state index in [-0.39, 0.29) is 28.3 Å². The summed E-state index contributed by atoms with van der Waals surface area (Å²) in [6.07, 6.45) is 4.03. The van der Waals surface area contributed by atoms with Gasteiger partial charge in [0.15, 0.2) is 0 Å². The van der Waals surface area contributed by atoms with E-state index in [1.54, 1.807) is 0 Å². The number of hydrogen-bond donors (Lipinski definition) is 3. The molecule has 0 atom stereocenters. The Morgan fingerprint density at radius 1 is 1.26 bits per heavy atom. The van der Waals surface area contributed by atoms with Crippen molar-refractivity contribution < 1.29 is 15.0 Å². The molecule has 0 saturated heterocycles. The number of phenols is 2. The molecule has 19 heavy (non-hydrogen) atoms. The summed E-state index contributed by atoms with van der Waals surface area (Å²) in [4.78, 5) is 11.9. The summed E-state index contributed by atoms with van der Waals surface area (Å²) in [6.45, 7) is 0.600. The minimum absolute atomic E-state index is 0.0607. The molecule has 0 bridgehead atoms. The lowest BCUT2D eigenvalue weighted by molar-refractivity contribution is 0.0941. The van der Waals surface area contributed by atoms with Gasteiger partial charge in [0.2, 0.25) is 0 Å². The van der Waals surface area contributed by atoms with Crippen LogP contribution in [0.3, 0.4) is 0 Å². The van der Waals surface area contributed by atoms with Crippen LogP contribution in [0.5, 0.6) is 11.5 Å². The monoisotopic (exact) mass is 283 g/mol. The van der Waals surface area contributed by atoms with Crippen LogP contribution in [0.2, 0.25) is 0 Å². The number of amides is 1. The van der Waals surface area contributed by atoms with Gasteiger partial charge in [0, 0.05) is 18.0 Å². The highest BCUT2D eigenvalue weighted by atomic mass is 35.5. The van der Waals surface area contributed by atoms with Gasteiger partial charge in [-0.1, -0.05) is 0 Å². The number of nitrogens with one attached hydrogen (secondary N) is 1. The minimum atomic E-state index is -0.314. The second kappa shape index (κ2) is 6.15. The second-order valence-electron chi connectivity index (χ2n) is 5.03. The Morgan fingerprint density at radius 3 is 2.58 bits per heavy atom. The molecular weight excluding hydrogens is 266 g/mol. The van der Waals surface area contributed by atoms with Gasteiger partial charge in [-0.05, 0) is 43.7 Å². The molecule has 1 aromatic carbocycles. The molecule has 2 rings (SSSR count). The molecule has 5 heteroatoms. The van der Waals surface area contributed by atoms with Crippen LogP contribution in [0.1, 0.15) is 36.0 Å². The first-order chi connectivity index (χ1) is 9.06. The molecule has 1 amide bonds. The SMILES string of the molecule is O=C(NCC1CCC(Cl)CC1)c1ccc(O)cc1O. The highest BCUT2D eigenvalue weighted by Crippen LogP contribution is 2.27. The number of carbonyl (C=O) groups excluding carboxylic acids is 1. The fraction of sp³-hybridized carbons (Fsp3) is 0.500. The molecule has 1 fully saturated rings. The molecule has 104 valence electrons. The standard InChI is InChI=1S/C14H18ClNO3/c15-10-3-1-9(2-4-10)8-16-14(19)12-6-5-11(17)7-13(12)18/h5-7,9-10,17-18H,1-4,8H2,(H,16,19). The maximum Gasteiger partial charge on any atom is 0.255 e. The van der Waals surface area contributed by atoms with Crippen LogP contribution >= 0.6 is 11.6 Å². The van der Waals surface area contributed by atoms with E-state index >= 15 is 0 Å². The summed E-state index contributed by atoms with van der Waals surface area (Å²) in [6, 6.07) is 3.95. The Balaban J connectivity index is 1.87. The van der Waals surface area contributed by atoms with E-state index in [0.29, 0.717) is 12.5 Å². The fourth-order valence-corrected chi connectivity index (χ4v) is 2.62. The zero-order valence-corrected chi connectivity index (χ0v) is 11.4. The summed E-state index contributed by atoms with van der Waals surface area (Å²) < 4.78 is 0. The summed E-state index contributed by atoms with van der Waals surface area (Å²) in [5.74, 6) is -0.125. The average molecular weight is 284 g/mol. The van der Waals surface area contributed by atoms with Crippen molar-refractivity contribution >= 4 is 17.5 Å². The van der Waals surface area contributed by atoms with Crippen molar-refractivity contribution in [2.45, 2.75) is 31.1 Å². The van der Waals surface area contributed by atoms with Gasteiger partial charge in [0.05, 0.1) is 5.56 Å². The third kappa shape index (κ3) is 3.77. The predicted octanol–water partition coefficient (Wildman–Crippen LogP) is 2.63. The van der Waals surface area contributed by atoms with E-state index in [0.717, 1.165) is 31.7 Å². The molecule has 0 aliphatic heterocycles. The summed E-state index contributed by atoms with van der Waals surface area (Å²) in [5.41, 5.74) is 0.184. The van der Waals surface area contributed by atoms with Crippen molar-refractivity contribution in [3.63, 3.8) is 0 Å². The third-order valence-electron chi connectivity index (χ3n) is 3.55. The number of phenolic OH excluding ortho intramolecular Hbond substituents is 2. The maximum atomic E-state index is 11.9. The summed E-state index contributed by atoms with van der Waals surface area (Å²) in [7, 11) is 0. The van der Waals surface area contributed by atoms with Gasteiger partial charge >= 0.3 is 0 Å². The average Bonchev–Trinajstić information content (AvgIpc) is 2.37. The zero-order valence-electron chi connectivity index (χ0n) is 10.6. The van der Waals surface area contributed by atoms with Crippen LogP contribution in [0, 0.1) is 5.92 Å². The lowest BCUT2D eigenvalue weighted by Crippen LogP contribution is -2.31. The Hall–Kier alpha value is -1.42. The first-order valence-corrected chi connectivity index (χ1v) is 6.94. The Kier molecular flexibility index (Phi) is 4.53. The van der Waals surface area contributed by atoms with Crippen LogP contribution in [-0.4, -0.2) is 28.0 Å². The molecule has 3 N–H and O–H groups in total. The minimum Gasteiger partial charge on any atom is -0.508 e. The number of rotatable bonds is 3. The fourth-order valence-electron chi connectivity index (χ4n) is 2.37. The van der Waals surface area contributed by atoms with Gasteiger partial charge in [-0.15, -0.1) is 11.6 Å². The van der Waals surface area contributed by atoms with E-state index in [1.165, 1.54) is 12.1 Å². The number of carbonyl (C=O) groups is 1. The van der Waals surface area contributed by atoms with Crippen LogP contribution in [0.15, 0.2) is 18.2 Å².